The Bertz CT molecular complexity index is 3360. The van der Waals surface area contributed by atoms with E-state index >= 15 is 0 Å². The fourth-order valence-electron chi connectivity index (χ4n) is 15.0. The van der Waals surface area contributed by atoms with Gasteiger partial charge in [-0.15, -0.1) is 0 Å². The van der Waals surface area contributed by atoms with Gasteiger partial charge < -0.3 is 28.4 Å². The molecule has 6 bridgehead atoms. The lowest BCUT2D eigenvalue weighted by atomic mass is 9.66. The van der Waals surface area contributed by atoms with E-state index < -0.39 is 85.1 Å². The van der Waals surface area contributed by atoms with E-state index in [-0.39, 0.29) is 0 Å². The molecule has 6 aromatic carbocycles. The van der Waals surface area contributed by atoms with Gasteiger partial charge in [0.05, 0.1) is 16.2 Å². The number of ether oxygens (including phenoxy) is 6. The fourth-order valence-corrected chi connectivity index (χ4v) is 15.0. The molecule has 3 aliphatic heterocycles. The summed E-state index contributed by atoms with van der Waals surface area (Å²) in [6, 6.07) is 41.1. The van der Waals surface area contributed by atoms with Gasteiger partial charge >= 0.3 is 35.8 Å². The number of hydrogen-bond acceptors (Lipinski definition) is 12. The predicted molar refractivity (Wildman–Crippen MR) is 301 cm³/mol. The van der Waals surface area contributed by atoms with E-state index in [2.05, 4.69) is 18.2 Å². The fraction of sp³-hybridized carbons (Fsp3) is 0.391. The van der Waals surface area contributed by atoms with Gasteiger partial charge in [0.15, 0.2) is 0 Å². The number of esters is 6. The number of rotatable bonds is 9. The van der Waals surface area contributed by atoms with Gasteiger partial charge in [0.2, 0.25) is 16.8 Å². The molecule has 12 nitrogen and oxygen atoms in total. The van der Waals surface area contributed by atoms with Crippen molar-refractivity contribution in [2.75, 3.05) is 0 Å². The molecule has 0 spiro atoms. The maximum atomic E-state index is 15.0. The van der Waals surface area contributed by atoms with Crippen molar-refractivity contribution in [3.8, 4) is 50.6 Å². The summed E-state index contributed by atoms with van der Waals surface area (Å²) < 4.78 is 38.2. The maximum absolute atomic E-state index is 15.0. The number of fused-ring (bicyclic) bond motifs is 9. The summed E-state index contributed by atoms with van der Waals surface area (Å²) in [5.41, 5.74) is -0.213. The molecule has 414 valence electrons. The average Bonchev–Trinajstić information content (AvgIpc) is 2.27. The zero-order chi connectivity index (χ0) is 57.1. The lowest BCUT2D eigenvalue weighted by Gasteiger charge is -2.34. The molecule has 12 heteroatoms. The highest BCUT2D eigenvalue weighted by Gasteiger charge is 2.79. The maximum Gasteiger partial charge on any atom is 0.356 e. The SMILES string of the molecule is CC1(C)[C@@]2(C)CC[C@]1(C(=O)Oc1cc3c(cc1-c1ccccc1)Cc1cc(OC(=O)[C@@]45CC[C@@](C)(C(=O)O4)C5(C)C)c(-c4ccccc4)cc1Cc1cc(OC(=O)[C@@]45CC[C@@](C)(C(=O)O4)C5(C)C)c(-c4ccccc4)cc1C3)OC2=O. The van der Waals surface area contributed by atoms with Crippen LogP contribution < -0.4 is 14.2 Å². The highest BCUT2D eigenvalue weighted by atomic mass is 16.6. The second-order valence-corrected chi connectivity index (χ2v) is 26.2. The smallest absolute Gasteiger partial charge is 0.356 e. The molecule has 6 aromatic rings. The van der Waals surface area contributed by atoms with Crippen LogP contribution in [0.4, 0.5) is 0 Å². The summed E-state index contributed by atoms with van der Waals surface area (Å²) in [6.45, 7) is 17.0. The van der Waals surface area contributed by atoms with E-state index in [0.29, 0.717) is 91.7 Å². The van der Waals surface area contributed by atoms with Gasteiger partial charge in [-0.25, -0.2) is 14.4 Å². The molecule has 6 fully saturated rings. The van der Waals surface area contributed by atoms with Gasteiger partial charge in [-0.1, -0.05) is 133 Å². The van der Waals surface area contributed by atoms with Crippen LogP contribution in [0.3, 0.4) is 0 Å². The van der Waals surface area contributed by atoms with Crippen LogP contribution in [0.2, 0.25) is 0 Å². The first kappa shape index (κ1) is 52.5. The van der Waals surface area contributed by atoms with Gasteiger partial charge in [0.1, 0.15) is 17.2 Å². The predicted octanol–water partition coefficient (Wildman–Crippen LogP) is 12.9. The number of benzene rings is 6. The Kier molecular flexibility index (Phi) is 11.2. The van der Waals surface area contributed by atoms with Gasteiger partial charge in [0, 0.05) is 32.9 Å². The van der Waals surface area contributed by atoms with Crippen molar-refractivity contribution in [1.29, 1.82) is 0 Å². The summed E-state index contributed by atoms with van der Waals surface area (Å²) in [4.78, 5) is 85.5. The number of carbonyl (C=O) groups excluding carboxylic acids is 6. The summed E-state index contributed by atoms with van der Waals surface area (Å²) >= 11 is 0. The molecule has 3 saturated heterocycles. The van der Waals surface area contributed by atoms with Crippen molar-refractivity contribution in [1.82, 2.24) is 0 Å². The molecule has 13 rings (SSSR count). The topological polar surface area (TPSA) is 158 Å². The molecule has 7 aliphatic rings. The minimum absolute atomic E-state index is 0.295. The van der Waals surface area contributed by atoms with Crippen LogP contribution in [-0.4, -0.2) is 52.6 Å². The minimum Gasteiger partial charge on any atom is -0.446 e. The second kappa shape index (κ2) is 17.3. The van der Waals surface area contributed by atoms with Crippen molar-refractivity contribution < 1.29 is 57.2 Å². The van der Waals surface area contributed by atoms with Crippen molar-refractivity contribution >= 4 is 35.8 Å². The van der Waals surface area contributed by atoms with E-state index in [1.807, 2.05) is 172 Å². The van der Waals surface area contributed by atoms with E-state index in [1.165, 1.54) is 0 Å². The molecule has 81 heavy (non-hydrogen) atoms. The van der Waals surface area contributed by atoms with Crippen molar-refractivity contribution in [3.63, 3.8) is 0 Å². The monoisotopic (exact) mass is 1090 g/mol. The van der Waals surface area contributed by atoms with Crippen LogP contribution in [0.1, 0.15) is 134 Å². The van der Waals surface area contributed by atoms with E-state index in [9.17, 15) is 28.8 Å². The average molecular weight is 1090 g/mol. The Morgan fingerprint density at radius 2 is 0.580 bits per heavy atom. The van der Waals surface area contributed by atoms with Crippen LogP contribution in [0.5, 0.6) is 17.2 Å². The van der Waals surface area contributed by atoms with Crippen LogP contribution in [0.25, 0.3) is 33.4 Å². The summed E-state index contributed by atoms with van der Waals surface area (Å²) in [5, 5.41) is 0. The molecule has 3 saturated carbocycles. The summed E-state index contributed by atoms with van der Waals surface area (Å²) in [7, 11) is 0. The third-order valence-electron chi connectivity index (χ3n) is 22.2. The highest BCUT2D eigenvalue weighted by Crippen LogP contribution is 2.68. The molecule has 0 unspecified atom stereocenters. The first-order valence-corrected chi connectivity index (χ1v) is 28.4. The van der Waals surface area contributed by atoms with Crippen molar-refractivity contribution in [3.05, 3.63) is 161 Å². The standard InChI is InChI=1S/C69H66O12/c1-61(2)64(7)25-28-67(61,79-55(64)70)58(73)76-52-37-46-31-44-35-50(41-21-15-11-16-22-41)54(78-60(75)69-30-27-66(9,57(72)81-69)63(69,5)6)39-48(44)33-45-36-51(42-23-17-12-18-24-42)53(38-47(45)32-43(46)34-49(52)40-19-13-10-14-20-40)77-59(74)68-29-26-65(8,56(71)80-68)62(68,3)4/h10-24,34-39H,25-33H2,1-9H3/t64-,65-,66-,67+,68+,69+/m0/s1. The summed E-state index contributed by atoms with van der Waals surface area (Å²) in [6.07, 6.45) is 3.42. The molecule has 3 heterocycles. The van der Waals surface area contributed by atoms with Crippen molar-refractivity contribution in [2.45, 2.75) is 137 Å². The van der Waals surface area contributed by atoms with E-state index in [0.717, 1.165) is 50.1 Å². The molecular weight excluding hydrogens is 1020 g/mol. The van der Waals surface area contributed by atoms with Gasteiger partial charge in [-0.2, -0.15) is 0 Å². The van der Waals surface area contributed by atoms with Crippen LogP contribution in [0.15, 0.2) is 127 Å². The second-order valence-electron chi connectivity index (χ2n) is 26.2. The Morgan fingerprint density at radius 1 is 0.346 bits per heavy atom. The summed E-state index contributed by atoms with van der Waals surface area (Å²) in [5.74, 6) is -2.26. The van der Waals surface area contributed by atoms with Crippen LogP contribution >= 0.6 is 0 Å². The van der Waals surface area contributed by atoms with E-state index in [1.54, 1.807) is 0 Å². The van der Waals surface area contributed by atoms with Gasteiger partial charge in [0.25, 0.3) is 0 Å². The highest BCUT2D eigenvalue weighted by molar-refractivity contribution is 5.98. The third-order valence-corrected chi connectivity index (χ3v) is 22.2. The largest absolute Gasteiger partial charge is 0.446 e. The van der Waals surface area contributed by atoms with Crippen LogP contribution in [-0.2, 0) is 62.2 Å². The third kappa shape index (κ3) is 6.94. The molecule has 0 radical (unpaired) electrons. The zero-order valence-electron chi connectivity index (χ0n) is 47.4. The zero-order valence-corrected chi connectivity index (χ0v) is 47.4. The Labute approximate surface area is 471 Å². The van der Waals surface area contributed by atoms with E-state index in [4.69, 9.17) is 28.4 Å². The molecule has 6 atom stereocenters. The Morgan fingerprint density at radius 3 is 0.790 bits per heavy atom. The van der Waals surface area contributed by atoms with Gasteiger partial charge in [-0.05, 0) is 165 Å². The van der Waals surface area contributed by atoms with Gasteiger partial charge in [-0.3, -0.25) is 14.4 Å². The van der Waals surface area contributed by atoms with Crippen LogP contribution in [0, 0.1) is 32.5 Å². The molecule has 0 aromatic heterocycles. The molecule has 0 N–H and O–H groups in total. The number of hydrogen-bond donors (Lipinski definition) is 0. The lowest BCUT2D eigenvalue weighted by molar-refractivity contribution is -0.176. The molecular formula is C69H66O12. The quantitative estimate of drug-likeness (QED) is 0.0766. The first-order chi connectivity index (χ1) is 38.4. The Hall–Kier alpha value is -7.86. The van der Waals surface area contributed by atoms with Crippen molar-refractivity contribution in [2.24, 2.45) is 32.5 Å². The first-order valence-electron chi connectivity index (χ1n) is 28.4. The lowest BCUT2D eigenvalue weighted by Crippen LogP contribution is -2.50. The minimum atomic E-state index is -1.51. The Balaban J connectivity index is 1.01. The normalized spacial score (nSPS) is 29.2. The number of carbonyl (C=O) groups is 6. The molecule has 0 amide bonds. The molecule has 4 aliphatic carbocycles.